The molecule has 1 aliphatic heterocycles. The number of piperidine rings is 1. The van der Waals surface area contributed by atoms with Gasteiger partial charge in [-0.2, -0.15) is 0 Å². The predicted octanol–water partition coefficient (Wildman–Crippen LogP) is 2.50. The summed E-state index contributed by atoms with van der Waals surface area (Å²) in [6.07, 6.45) is 5.48. The number of hydrogen-bond donors (Lipinski definition) is 1. The fraction of sp³-hybridized carbons (Fsp3) is 1.00. The Hall–Kier alpha value is -0.0800. The first-order chi connectivity index (χ1) is 6.97. The van der Waals surface area contributed by atoms with Gasteiger partial charge in [-0.1, -0.05) is 27.2 Å². The molecular weight excluding hydrogens is 184 g/mol. The van der Waals surface area contributed by atoms with Gasteiger partial charge in [-0.05, 0) is 44.8 Å². The highest BCUT2D eigenvalue weighted by Crippen LogP contribution is 2.15. The van der Waals surface area contributed by atoms with Gasteiger partial charge in [-0.25, -0.2) is 0 Å². The summed E-state index contributed by atoms with van der Waals surface area (Å²) in [6, 6.07) is 0.779. The molecular formula is C13H28N2. The molecule has 0 amide bonds. The second-order valence-electron chi connectivity index (χ2n) is 6.23. The number of rotatable bonds is 4. The van der Waals surface area contributed by atoms with E-state index in [0.29, 0.717) is 5.41 Å². The Labute approximate surface area is 95.4 Å². The molecule has 1 N–H and O–H groups in total. The van der Waals surface area contributed by atoms with Gasteiger partial charge in [0.2, 0.25) is 0 Å². The van der Waals surface area contributed by atoms with Gasteiger partial charge in [0, 0.05) is 12.6 Å². The quantitative estimate of drug-likeness (QED) is 0.770. The van der Waals surface area contributed by atoms with Crippen molar-refractivity contribution in [3.63, 3.8) is 0 Å². The topological polar surface area (TPSA) is 15.3 Å². The lowest BCUT2D eigenvalue weighted by molar-refractivity contribution is 0.212. The first-order valence-corrected chi connectivity index (χ1v) is 6.39. The Morgan fingerprint density at radius 1 is 1.27 bits per heavy atom. The molecule has 0 aromatic carbocycles. The van der Waals surface area contributed by atoms with Crippen molar-refractivity contribution in [2.75, 3.05) is 26.7 Å². The lowest BCUT2D eigenvalue weighted by atomic mass is 9.96. The third-order valence-corrected chi connectivity index (χ3v) is 3.02. The lowest BCUT2D eigenvalue weighted by Gasteiger charge is -2.29. The summed E-state index contributed by atoms with van der Waals surface area (Å²) in [7, 11) is 2.24. The Morgan fingerprint density at radius 2 is 2.00 bits per heavy atom. The average molecular weight is 212 g/mol. The van der Waals surface area contributed by atoms with Crippen molar-refractivity contribution < 1.29 is 0 Å². The number of nitrogens with one attached hydrogen (secondary N) is 1. The Kier molecular flexibility index (Phi) is 5.07. The van der Waals surface area contributed by atoms with Gasteiger partial charge in [-0.15, -0.1) is 0 Å². The molecule has 0 aliphatic carbocycles. The molecule has 1 saturated heterocycles. The minimum atomic E-state index is 0.425. The molecule has 1 fully saturated rings. The summed E-state index contributed by atoms with van der Waals surface area (Å²) < 4.78 is 0. The van der Waals surface area contributed by atoms with Gasteiger partial charge in [0.25, 0.3) is 0 Å². The first-order valence-electron chi connectivity index (χ1n) is 6.39. The van der Waals surface area contributed by atoms with Crippen LogP contribution in [-0.2, 0) is 0 Å². The zero-order chi connectivity index (χ0) is 11.3. The van der Waals surface area contributed by atoms with Crippen LogP contribution in [0.4, 0.5) is 0 Å². The third kappa shape index (κ3) is 6.16. The van der Waals surface area contributed by atoms with Crippen molar-refractivity contribution in [2.24, 2.45) is 5.41 Å². The fourth-order valence-electron chi connectivity index (χ4n) is 2.44. The van der Waals surface area contributed by atoms with Gasteiger partial charge < -0.3 is 10.2 Å². The highest BCUT2D eigenvalue weighted by molar-refractivity contribution is 4.74. The molecule has 0 spiro atoms. The molecule has 2 nitrogen and oxygen atoms in total. The van der Waals surface area contributed by atoms with E-state index in [0.717, 1.165) is 6.04 Å². The van der Waals surface area contributed by atoms with E-state index in [1.165, 1.54) is 45.3 Å². The minimum absolute atomic E-state index is 0.425. The number of hydrogen-bond acceptors (Lipinski definition) is 2. The van der Waals surface area contributed by atoms with Gasteiger partial charge in [0.1, 0.15) is 0 Å². The van der Waals surface area contributed by atoms with Crippen molar-refractivity contribution >= 4 is 0 Å². The Balaban J connectivity index is 2.12. The zero-order valence-electron chi connectivity index (χ0n) is 11.0. The predicted molar refractivity (Wildman–Crippen MR) is 67.2 cm³/mol. The zero-order valence-corrected chi connectivity index (χ0v) is 11.0. The maximum Gasteiger partial charge on any atom is 0.00792 e. The second kappa shape index (κ2) is 5.86. The van der Waals surface area contributed by atoms with E-state index in [1.807, 2.05) is 0 Å². The first kappa shape index (κ1) is 13.0. The minimum Gasteiger partial charge on any atom is -0.314 e. The average Bonchev–Trinajstić information content (AvgIpc) is 2.14. The van der Waals surface area contributed by atoms with E-state index in [4.69, 9.17) is 0 Å². The van der Waals surface area contributed by atoms with Crippen LogP contribution in [0.2, 0.25) is 0 Å². The second-order valence-corrected chi connectivity index (χ2v) is 6.23. The molecule has 90 valence electrons. The largest absolute Gasteiger partial charge is 0.314 e. The molecule has 1 heterocycles. The highest BCUT2D eigenvalue weighted by atomic mass is 15.1. The third-order valence-electron chi connectivity index (χ3n) is 3.02. The van der Waals surface area contributed by atoms with E-state index >= 15 is 0 Å². The van der Waals surface area contributed by atoms with Crippen molar-refractivity contribution in [2.45, 2.75) is 52.5 Å². The van der Waals surface area contributed by atoms with Gasteiger partial charge in [0.05, 0.1) is 0 Å². The van der Waals surface area contributed by atoms with Gasteiger partial charge in [-0.3, -0.25) is 0 Å². The van der Waals surface area contributed by atoms with Crippen LogP contribution in [0.25, 0.3) is 0 Å². The fourth-order valence-corrected chi connectivity index (χ4v) is 2.44. The molecule has 2 heteroatoms. The summed E-state index contributed by atoms with van der Waals surface area (Å²) in [4.78, 5) is 2.47. The van der Waals surface area contributed by atoms with Crippen LogP contribution in [-0.4, -0.2) is 37.6 Å². The van der Waals surface area contributed by atoms with Gasteiger partial charge >= 0.3 is 0 Å². The van der Waals surface area contributed by atoms with Crippen LogP contribution in [0.3, 0.4) is 0 Å². The van der Waals surface area contributed by atoms with Crippen LogP contribution >= 0.6 is 0 Å². The Bertz CT molecular complexity index is 166. The highest BCUT2D eigenvalue weighted by Gasteiger charge is 2.16. The van der Waals surface area contributed by atoms with Crippen LogP contribution in [0.1, 0.15) is 46.5 Å². The summed E-state index contributed by atoms with van der Waals surface area (Å²) in [5.74, 6) is 0. The molecule has 15 heavy (non-hydrogen) atoms. The molecule has 0 aromatic rings. The lowest BCUT2D eigenvalue weighted by Crippen LogP contribution is -2.38. The van der Waals surface area contributed by atoms with Crippen molar-refractivity contribution in [3.05, 3.63) is 0 Å². The van der Waals surface area contributed by atoms with E-state index in [9.17, 15) is 0 Å². The molecule has 1 unspecified atom stereocenters. The molecule has 1 rings (SSSR count). The van der Waals surface area contributed by atoms with Crippen molar-refractivity contribution in [1.29, 1.82) is 0 Å². The van der Waals surface area contributed by atoms with Crippen LogP contribution < -0.4 is 5.32 Å². The molecule has 1 aliphatic rings. The smallest absolute Gasteiger partial charge is 0.00792 e. The Morgan fingerprint density at radius 3 is 2.53 bits per heavy atom. The molecule has 1 atom stereocenters. The summed E-state index contributed by atoms with van der Waals surface area (Å²) in [6.45, 7) is 10.6. The molecule has 0 aromatic heterocycles. The van der Waals surface area contributed by atoms with Crippen LogP contribution in [0, 0.1) is 5.41 Å². The maximum absolute atomic E-state index is 3.61. The number of nitrogens with zero attached hydrogens (tertiary/aromatic N) is 1. The van der Waals surface area contributed by atoms with Crippen LogP contribution in [0.15, 0.2) is 0 Å². The summed E-state index contributed by atoms with van der Waals surface area (Å²) >= 11 is 0. The standard InChI is InChI=1S/C13H28N2/c1-13(2,3)11-15(4)10-8-12-7-5-6-9-14-12/h12,14H,5-11H2,1-4H3. The van der Waals surface area contributed by atoms with Gasteiger partial charge in [0.15, 0.2) is 0 Å². The van der Waals surface area contributed by atoms with Crippen molar-refractivity contribution in [1.82, 2.24) is 10.2 Å². The molecule has 0 saturated carbocycles. The van der Waals surface area contributed by atoms with E-state index in [-0.39, 0.29) is 0 Å². The van der Waals surface area contributed by atoms with E-state index in [2.05, 4.69) is 38.0 Å². The monoisotopic (exact) mass is 212 g/mol. The maximum atomic E-state index is 3.61. The summed E-state index contributed by atoms with van der Waals surface area (Å²) in [5, 5.41) is 3.61. The van der Waals surface area contributed by atoms with Crippen LogP contribution in [0.5, 0.6) is 0 Å². The van der Waals surface area contributed by atoms with E-state index < -0.39 is 0 Å². The van der Waals surface area contributed by atoms with E-state index in [1.54, 1.807) is 0 Å². The normalized spacial score (nSPS) is 23.4. The van der Waals surface area contributed by atoms with Crippen molar-refractivity contribution in [3.8, 4) is 0 Å². The SMILES string of the molecule is CN(CCC1CCCCN1)CC(C)(C)C. The molecule has 0 bridgehead atoms. The molecule has 0 radical (unpaired) electrons. The summed E-state index contributed by atoms with van der Waals surface area (Å²) in [5.41, 5.74) is 0.425.